The summed E-state index contributed by atoms with van der Waals surface area (Å²) in [5, 5.41) is 11.6. The van der Waals surface area contributed by atoms with Gasteiger partial charge in [0.2, 0.25) is 5.91 Å². The van der Waals surface area contributed by atoms with E-state index in [1.807, 2.05) is 13.8 Å². The maximum absolute atomic E-state index is 11.7. The standard InChI is InChI=1S/C13H25N3O3/c1-3-11(2)14-12(17)10-16-8-6-15(7-9-16)5-4-13(18)19/h11H,3-10H2,1-2H3,(H,14,17)(H,18,19). The fraction of sp³-hybridized carbons (Fsp3) is 0.846. The highest BCUT2D eigenvalue weighted by Gasteiger charge is 2.19. The Kier molecular flexibility index (Phi) is 6.80. The van der Waals surface area contributed by atoms with E-state index in [-0.39, 0.29) is 18.4 Å². The molecule has 0 bridgehead atoms. The van der Waals surface area contributed by atoms with E-state index in [2.05, 4.69) is 15.1 Å². The van der Waals surface area contributed by atoms with Crippen LogP contribution in [0.3, 0.4) is 0 Å². The fourth-order valence-electron chi connectivity index (χ4n) is 2.05. The van der Waals surface area contributed by atoms with Gasteiger partial charge in [-0.25, -0.2) is 0 Å². The third kappa shape index (κ3) is 6.54. The van der Waals surface area contributed by atoms with Gasteiger partial charge in [0.15, 0.2) is 0 Å². The highest BCUT2D eigenvalue weighted by Crippen LogP contribution is 2.02. The van der Waals surface area contributed by atoms with Gasteiger partial charge in [-0.05, 0) is 13.3 Å². The normalized spacial score (nSPS) is 19.1. The van der Waals surface area contributed by atoms with Crippen molar-refractivity contribution in [2.45, 2.75) is 32.7 Å². The van der Waals surface area contributed by atoms with Crippen LogP contribution in [0.5, 0.6) is 0 Å². The molecule has 1 unspecified atom stereocenters. The minimum absolute atomic E-state index is 0.0772. The monoisotopic (exact) mass is 271 g/mol. The Bertz CT molecular complexity index is 302. The molecule has 1 atom stereocenters. The van der Waals surface area contributed by atoms with Crippen LogP contribution in [0.25, 0.3) is 0 Å². The molecule has 2 N–H and O–H groups in total. The van der Waals surface area contributed by atoms with Crippen LogP contribution in [0.4, 0.5) is 0 Å². The quantitative estimate of drug-likeness (QED) is 0.681. The lowest BCUT2D eigenvalue weighted by molar-refractivity contribution is -0.137. The Labute approximate surface area is 114 Å². The number of hydrogen-bond donors (Lipinski definition) is 2. The lowest BCUT2D eigenvalue weighted by atomic mass is 10.2. The number of nitrogens with zero attached hydrogens (tertiary/aromatic N) is 2. The second-order valence-electron chi connectivity index (χ2n) is 5.14. The van der Waals surface area contributed by atoms with Gasteiger partial charge in [-0.15, -0.1) is 0 Å². The molecule has 1 saturated heterocycles. The number of carboxylic acid groups (broad SMARTS) is 1. The first-order chi connectivity index (χ1) is 9.01. The molecule has 1 heterocycles. The fourth-order valence-corrected chi connectivity index (χ4v) is 2.05. The topological polar surface area (TPSA) is 72.9 Å². The van der Waals surface area contributed by atoms with Gasteiger partial charge in [-0.1, -0.05) is 6.92 Å². The Morgan fingerprint density at radius 1 is 1.21 bits per heavy atom. The van der Waals surface area contributed by atoms with Crippen LogP contribution in [0.1, 0.15) is 26.7 Å². The van der Waals surface area contributed by atoms with E-state index in [4.69, 9.17) is 5.11 Å². The molecule has 1 fully saturated rings. The van der Waals surface area contributed by atoms with Crippen LogP contribution in [-0.2, 0) is 9.59 Å². The Morgan fingerprint density at radius 3 is 2.32 bits per heavy atom. The lowest BCUT2D eigenvalue weighted by Gasteiger charge is -2.34. The van der Waals surface area contributed by atoms with E-state index in [0.717, 1.165) is 32.6 Å². The maximum atomic E-state index is 11.7. The third-order valence-corrected chi connectivity index (χ3v) is 3.49. The Hall–Kier alpha value is -1.14. The highest BCUT2D eigenvalue weighted by atomic mass is 16.4. The van der Waals surface area contributed by atoms with E-state index in [9.17, 15) is 9.59 Å². The van der Waals surface area contributed by atoms with Gasteiger partial charge in [-0.3, -0.25) is 14.5 Å². The van der Waals surface area contributed by atoms with Gasteiger partial charge in [0.1, 0.15) is 0 Å². The Morgan fingerprint density at radius 2 is 1.79 bits per heavy atom. The van der Waals surface area contributed by atoms with Crippen molar-refractivity contribution in [1.82, 2.24) is 15.1 Å². The van der Waals surface area contributed by atoms with Crippen LogP contribution < -0.4 is 5.32 Å². The maximum Gasteiger partial charge on any atom is 0.304 e. The van der Waals surface area contributed by atoms with Crippen molar-refractivity contribution in [2.24, 2.45) is 0 Å². The lowest BCUT2D eigenvalue weighted by Crippen LogP contribution is -2.50. The molecule has 0 radical (unpaired) electrons. The van der Waals surface area contributed by atoms with Crippen molar-refractivity contribution >= 4 is 11.9 Å². The zero-order valence-electron chi connectivity index (χ0n) is 11.9. The second-order valence-corrected chi connectivity index (χ2v) is 5.14. The van der Waals surface area contributed by atoms with Crippen molar-refractivity contribution < 1.29 is 14.7 Å². The molecule has 6 nitrogen and oxygen atoms in total. The number of aliphatic carboxylic acids is 1. The minimum Gasteiger partial charge on any atom is -0.481 e. The summed E-state index contributed by atoms with van der Waals surface area (Å²) in [6.07, 6.45) is 1.13. The van der Waals surface area contributed by atoms with Crippen molar-refractivity contribution in [2.75, 3.05) is 39.3 Å². The predicted octanol–water partition coefficient (Wildman–Crippen LogP) is -0.00660. The molecular weight excluding hydrogens is 246 g/mol. The molecule has 0 aromatic rings. The first-order valence-corrected chi connectivity index (χ1v) is 6.97. The molecule has 6 heteroatoms. The molecule has 0 aromatic heterocycles. The number of piperazine rings is 1. The number of carboxylic acids is 1. The van der Waals surface area contributed by atoms with Crippen LogP contribution in [0.15, 0.2) is 0 Å². The molecule has 19 heavy (non-hydrogen) atoms. The summed E-state index contributed by atoms with van der Waals surface area (Å²) in [4.78, 5) is 26.5. The molecule has 1 aliphatic rings. The minimum atomic E-state index is -0.754. The molecule has 0 saturated carbocycles. The van der Waals surface area contributed by atoms with Crippen LogP contribution in [0, 0.1) is 0 Å². The summed E-state index contributed by atoms with van der Waals surface area (Å²) in [7, 11) is 0. The number of nitrogens with one attached hydrogen (secondary N) is 1. The molecule has 1 amide bonds. The van der Waals surface area contributed by atoms with E-state index in [1.54, 1.807) is 0 Å². The summed E-state index contributed by atoms with van der Waals surface area (Å²) >= 11 is 0. The number of carbonyl (C=O) groups excluding carboxylic acids is 1. The predicted molar refractivity (Wildman–Crippen MR) is 73.0 cm³/mol. The van der Waals surface area contributed by atoms with Crippen LogP contribution in [-0.4, -0.2) is 72.1 Å². The van der Waals surface area contributed by atoms with Crippen molar-refractivity contribution in [3.05, 3.63) is 0 Å². The number of carbonyl (C=O) groups is 2. The van der Waals surface area contributed by atoms with E-state index < -0.39 is 5.97 Å². The largest absolute Gasteiger partial charge is 0.481 e. The smallest absolute Gasteiger partial charge is 0.304 e. The van der Waals surface area contributed by atoms with Crippen molar-refractivity contribution in [3.63, 3.8) is 0 Å². The first-order valence-electron chi connectivity index (χ1n) is 6.97. The third-order valence-electron chi connectivity index (χ3n) is 3.49. The molecular formula is C13H25N3O3. The molecule has 1 aliphatic heterocycles. The van der Waals surface area contributed by atoms with Crippen molar-refractivity contribution in [1.29, 1.82) is 0 Å². The van der Waals surface area contributed by atoms with E-state index in [1.165, 1.54) is 0 Å². The van der Waals surface area contributed by atoms with Gasteiger partial charge in [0.05, 0.1) is 13.0 Å². The summed E-state index contributed by atoms with van der Waals surface area (Å²) in [5.74, 6) is -0.677. The van der Waals surface area contributed by atoms with Crippen LogP contribution >= 0.6 is 0 Å². The zero-order valence-corrected chi connectivity index (χ0v) is 11.9. The van der Waals surface area contributed by atoms with Crippen LogP contribution in [0.2, 0.25) is 0 Å². The molecule has 110 valence electrons. The molecule has 0 aromatic carbocycles. The molecule has 0 spiro atoms. The van der Waals surface area contributed by atoms with Gasteiger partial charge >= 0.3 is 5.97 Å². The van der Waals surface area contributed by atoms with Gasteiger partial charge in [0, 0.05) is 38.8 Å². The van der Waals surface area contributed by atoms with E-state index >= 15 is 0 Å². The molecule has 1 rings (SSSR count). The van der Waals surface area contributed by atoms with Crippen molar-refractivity contribution in [3.8, 4) is 0 Å². The Balaban J connectivity index is 2.19. The summed E-state index contributed by atoms with van der Waals surface area (Å²) in [5.41, 5.74) is 0. The van der Waals surface area contributed by atoms with E-state index in [0.29, 0.717) is 13.1 Å². The SMILES string of the molecule is CCC(C)NC(=O)CN1CCN(CCC(=O)O)CC1. The first kappa shape index (κ1) is 15.9. The second kappa shape index (κ2) is 8.12. The average molecular weight is 271 g/mol. The average Bonchev–Trinajstić information content (AvgIpc) is 2.37. The summed E-state index contributed by atoms with van der Waals surface area (Å²) in [6.45, 7) is 8.42. The molecule has 0 aliphatic carbocycles. The van der Waals surface area contributed by atoms with Gasteiger partial charge in [-0.2, -0.15) is 0 Å². The van der Waals surface area contributed by atoms with Gasteiger partial charge < -0.3 is 15.3 Å². The number of hydrogen-bond acceptors (Lipinski definition) is 4. The summed E-state index contributed by atoms with van der Waals surface area (Å²) in [6, 6.07) is 0.226. The highest BCUT2D eigenvalue weighted by molar-refractivity contribution is 5.78. The number of amides is 1. The zero-order chi connectivity index (χ0) is 14.3. The summed E-state index contributed by atoms with van der Waals surface area (Å²) < 4.78 is 0. The number of rotatable bonds is 7. The van der Waals surface area contributed by atoms with Gasteiger partial charge in [0.25, 0.3) is 0 Å².